The first-order valence-corrected chi connectivity index (χ1v) is 4.88. The van der Waals surface area contributed by atoms with Gasteiger partial charge in [-0.3, -0.25) is 0 Å². The van der Waals surface area contributed by atoms with Crippen LogP contribution in [0.2, 0.25) is 0 Å². The number of hydrogen-bond acceptors (Lipinski definition) is 3. The Kier molecular flexibility index (Phi) is 4.17. The Balaban J connectivity index is 3.03. The van der Waals surface area contributed by atoms with E-state index in [4.69, 9.17) is 10.8 Å². The fraction of sp³-hybridized carbons (Fsp3) is 0.300. The highest BCUT2D eigenvalue weighted by Crippen LogP contribution is 2.28. The summed E-state index contributed by atoms with van der Waals surface area (Å²) in [6, 6.07) is 1.57. The molecule has 0 unspecified atom stereocenters. The standard InChI is InChI=1S/C10H9F5N2O2/c11-4-1-2-5(6(7(4)16)8(18)19)17-3-10(14,15)9(12)13/h1-2,9,17H,3,16H2,(H,18,19). The van der Waals surface area contributed by atoms with Crippen LogP contribution in [-0.2, 0) is 0 Å². The molecule has 0 atom stereocenters. The van der Waals surface area contributed by atoms with Gasteiger partial charge in [0.05, 0.1) is 17.9 Å². The largest absolute Gasteiger partial charge is 0.478 e. The van der Waals surface area contributed by atoms with E-state index in [0.29, 0.717) is 0 Å². The van der Waals surface area contributed by atoms with Crippen LogP contribution in [0.3, 0.4) is 0 Å². The molecule has 0 heterocycles. The Morgan fingerprint density at radius 3 is 2.47 bits per heavy atom. The van der Waals surface area contributed by atoms with Gasteiger partial charge in [-0.25, -0.2) is 18.0 Å². The van der Waals surface area contributed by atoms with Crippen molar-refractivity contribution in [2.45, 2.75) is 12.3 Å². The highest BCUT2D eigenvalue weighted by molar-refractivity contribution is 6.00. The zero-order chi connectivity index (χ0) is 14.8. The molecule has 4 N–H and O–H groups in total. The van der Waals surface area contributed by atoms with Crippen LogP contribution in [0.1, 0.15) is 10.4 Å². The van der Waals surface area contributed by atoms with E-state index in [-0.39, 0.29) is 0 Å². The Morgan fingerprint density at radius 2 is 2.00 bits per heavy atom. The average Bonchev–Trinajstić information content (AvgIpc) is 2.29. The van der Waals surface area contributed by atoms with Crippen LogP contribution in [0.5, 0.6) is 0 Å². The van der Waals surface area contributed by atoms with Gasteiger partial charge >= 0.3 is 18.3 Å². The summed E-state index contributed by atoms with van der Waals surface area (Å²) < 4.78 is 62.3. The Hall–Kier alpha value is -2.06. The van der Waals surface area contributed by atoms with Crippen molar-refractivity contribution in [3.05, 3.63) is 23.5 Å². The molecule has 106 valence electrons. The third-order valence-electron chi connectivity index (χ3n) is 2.24. The topological polar surface area (TPSA) is 75.3 Å². The van der Waals surface area contributed by atoms with Gasteiger partial charge in [0.15, 0.2) is 0 Å². The van der Waals surface area contributed by atoms with Gasteiger partial charge in [0.25, 0.3) is 0 Å². The van der Waals surface area contributed by atoms with E-state index in [1.54, 1.807) is 0 Å². The fourth-order valence-corrected chi connectivity index (χ4v) is 1.26. The van der Waals surface area contributed by atoms with E-state index >= 15 is 0 Å². The lowest BCUT2D eigenvalue weighted by Gasteiger charge is -2.18. The Labute approximate surface area is 104 Å². The number of alkyl halides is 4. The first-order chi connectivity index (χ1) is 8.66. The lowest BCUT2D eigenvalue weighted by atomic mass is 10.1. The number of benzene rings is 1. The Morgan fingerprint density at radius 1 is 1.42 bits per heavy atom. The van der Waals surface area contributed by atoms with Crippen molar-refractivity contribution in [3.63, 3.8) is 0 Å². The summed E-state index contributed by atoms with van der Waals surface area (Å²) in [5.41, 5.74) is 3.13. The van der Waals surface area contributed by atoms with Crippen LogP contribution in [0, 0.1) is 5.82 Å². The van der Waals surface area contributed by atoms with Crippen LogP contribution < -0.4 is 11.1 Å². The van der Waals surface area contributed by atoms with Gasteiger partial charge in [-0.1, -0.05) is 0 Å². The molecule has 0 spiro atoms. The molecule has 1 aromatic carbocycles. The summed E-state index contributed by atoms with van der Waals surface area (Å²) >= 11 is 0. The summed E-state index contributed by atoms with van der Waals surface area (Å²) in [5.74, 6) is -7.07. The molecular weight excluding hydrogens is 275 g/mol. The number of nitrogens with one attached hydrogen (secondary N) is 1. The maximum atomic E-state index is 13.0. The minimum Gasteiger partial charge on any atom is -0.478 e. The van der Waals surface area contributed by atoms with Crippen molar-refractivity contribution in [2.24, 2.45) is 0 Å². The summed E-state index contributed by atoms with van der Waals surface area (Å²) in [5, 5.41) is 10.6. The quantitative estimate of drug-likeness (QED) is 0.573. The first-order valence-electron chi connectivity index (χ1n) is 4.88. The molecule has 0 bridgehead atoms. The zero-order valence-corrected chi connectivity index (χ0v) is 9.26. The molecule has 1 aromatic rings. The minimum atomic E-state index is -4.35. The number of rotatable bonds is 5. The second kappa shape index (κ2) is 5.29. The highest BCUT2D eigenvalue weighted by Gasteiger charge is 2.40. The monoisotopic (exact) mass is 284 g/mol. The third-order valence-corrected chi connectivity index (χ3v) is 2.24. The van der Waals surface area contributed by atoms with Gasteiger partial charge in [0, 0.05) is 0 Å². The molecule has 0 aliphatic rings. The molecule has 4 nitrogen and oxygen atoms in total. The number of aromatic carboxylic acids is 1. The van der Waals surface area contributed by atoms with E-state index in [2.05, 4.69) is 0 Å². The molecule has 0 amide bonds. The summed E-state index contributed by atoms with van der Waals surface area (Å²) in [6.45, 7) is -1.50. The lowest BCUT2D eigenvalue weighted by molar-refractivity contribution is -0.117. The van der Waals surface area contributed by atoms with Crippen LogP contribution >= 0.6 is 0 Å². The highest BCUT2D eigenvalue weighted by atomic mass is 19.3. The minimum absolute atomic E-state index is 0.466. The number of carboxylic acids is 1. The number of hydrogen-bond donors (Lipinski definition) is 3. The van der Waals surface area contributed by atoms with Crippen molar-refractivity contribution >= 4 is 17.3 Å². The number of nitrogen functional groups attached to an aromatic ring is 1. The Bertz CT molecular complexity index is 493. The second-order valence-corrected chi connectivity index (χ2v) is 3.60. The van der Waals surface area contributed by atoms with Gasteiger partial charge < -0.3 is 16.2 Å². The normalized spacial score (nSPS) is 11.7. The van der Waals surface area contributed by atoms with Crippen LogP contribution in [0.4, 0.5) is 33.3 Å². The maximum Gasteiger partial charge on any atom is 0.340 e. The smallest absolute Gasteiger partial charge is 0.340 e. The number of anilines is 2. The van der Waals surface area contributed by atoms with Crippen molar-refractivity contribution < 1.29 is 31.9 Å². The molecular formula is C10H9F5N2O2. The van der Waals surface area contributed by atoms with Gasteiger partial charge in [-0.15, -0.1) is 0 Å². The second-order valence-electron chi connectivity index (χ2n) is 3.60. The summed E-state index contributed by atoms with van der Waals surface area (Å²) in [7, 11) is 0. The van der Waals surface area contributed by atoms with Crippen molar-refractivity contribution in [1.29, 1.82) is 0 Å². The van der Waals surface area contributed by atoms with Gasteiger partial charge in [0.1, 0.15) is 11.4 Å². The molecule has 0 fully saturated rings. The molecule has 9 heteroatoms. The number of carbonyl (C=O) groups is 1. The van der Waals surface area contributed by atoms with E-state index in [0.717, 1.165) is 12.1 Å². The zero-order valence-electron chi connectivity index (χ0n) is 9.26. The van der Waals surface area contributed by atoms with E-state index in [9.17, 15) is 26.7 Å². The molecule has 0 aliphatic heterocycles. The molecule has 0 aliphatic carbocycles. The number of carboxylic acid groups (broad SMARTS) is 1. The number of nitrogens with two attached hydrogens (primary N) is 1. The summed E-state index contributed by atoms with van der Waals surface area (Å²) in [6.07, 6.45) is -3.91. The molecule has 0 radical (unpaired) electrons. The van der Waals surface area contributed by atoms with E-state index < -0.39 is 47.6 Å². The lowest BCUT2D eigenvalue weighted by Crippen LogP contribution is -2.35. The van der Waals surface area contributed by atoms with E-state index in [1.165, 1.54) is 0 Å². The van der Waals surface area contributed by atoms with E-state index in [1.807, 2.05) is 5.32 Å². The SMILES string of the molecule is Nc1c(F)ccc(NCC(F)(F)C(F)F)c1C(=O)O. The number of halogens is 5. The average molecular weight is 284 g/mol. The molecule has 0 saturated carbocycles. The van der Waals surface area contributed by atoms with Crippen LogP contribution in [0.15, 0.2) is 12.1 Å². The van der Waals surface area contributed by atoms with Gasteiger partial charge in [-0.2, -0.15) is 8.78 Å². The first kappa shape index (κ1) is 15.0. The van der Waals surface area contributed by atoms with Crippen LogP contribution in [-0.4, -0.2) is 30.0 Å². The third kappa shape index (κ3) is 3.24. The van der Waals surface area contributed by atoms with Crippen molar-refractivity contribution in [1.82, 2.24) is 0 Å². The maximum absolute atomic E-state index is 13.0. The summed E-state index contributed by atoms with van der Waals surface area (Å²) in [4.78, 5) is 10.8. The van der Waals surface area contributed by atoms with Crippen molar-refractivity contribution in [3.8, 4) is 0 Å². The predicted molar refractivity (Wildman–Crippen MR) is 57.2 cm³/mol. The molecule has 1 rings (SSSR count). The predicted octanol–water partition coefficient (Wildman–Crippen LogP) is 2.42. The molecule has 19 heavy (non-hydrogen) atoms. The van der Waals surface area contributed by atoms with Gasteiger partial charge in [0.2, 0.25) is 0 Å². The van der Waals surface area contributed by atoms with Crippen molar-refractivity contribution in [2.75, 3.05) is 17.6 Å². The fourth-order valence-electron chi connectivity index (χ4n) is 1.26. The van der Waals surface area contributed by atoms with Gasteiger partial charge in [-0.05, 0) is 12.1 Å². The van der Waals surface area contributed by atoms with Crippen LogP contribution in [0.25, 0.3) is 0 Å². The molecule has 0 aromatic heterocycles. The molecule has 0 saturated heterocycles.